The normalized spacial score (nSPS) is 13.8. The van der Waals surface area contributed by atoms with Gasteiger partial charge in [-0.2, -0.15) is 0 Å². The Bertz CT molecular complexity index is 2000. The van der Waals surface area contributed by atoms with E-state index < -0.39 is 24.3 Å². The number of likely N-dealkylation sites (N-methyl/N-ethyl adjacent to an activating group) is 1. The van der Waals surface area contributed by atoms with Crippen molar-refractivity contribution < 1.29 is 42.9 Å². The van der Waals surface area contributed by atoms with E-state index in [4.69, 9.17) is 18.9 Å². The van der Waals surface area contributed by atoms with E-state index in [1.807, 2.05) is 21.1 Å². The van der Waals surface area contributed by atoms with Crippen LogP contribution in [0.2, 0.25) is 0 Å². The van der Waals surface area contributed by atoms with Crippen molar-refractivity contribution in [3.8, 4) is 0 Å². The van der Waals surface area contributed by atoms with Gasteiger partial charge >= 0.3 is 11.9 Å². The first kappa shape index (κ1) is 79.7. The van der Waals surface area contributed by atoms with Gasteiger partial charge in [-0.25, -0.2) is 0 Å². The Morgan fingerprint density at radius 1 is 0.365 bits per heavy atom. The third kappa shape index (κ3) is 66.0. The summed E-state index contributed by atoms with van der Waals surface area (Å²) in [6, 6.07) is 0. The fourth-order valence-corrected chi connectivity index (χ4v) is 8.37. The predicted molar refractivity (Wildman–Crippen MR) is 361 cm³/mol. The molecule has 0 aliphatic heterocycles. The minimum absolute atomic E-state index is 0.134. The lowest BCUT2D eigenvalue weighted by molar-refractivity contribution is -0.870. The fraction of sp³-hybridized carbons (Fsp3) is 0.592. The van der Waals surface area contributed by atoms with Gasteiger partial charge in [0.1, 0.15) is 13.2 Å². The van der Waals surface area contributed by atoms with Crippen molar-refractivity contribution in [1.82, 2.24) is 0 Å². The summed E-state index contributed by atoms with van der Waals surface area (Å²) >= 11 is 0. The second-order valence-electron chi connectivity index (χ2n) is 22.7. The Morgan fingerprint density at radius 2 is 0.671 bits per heavy atom. The van der Waals surface area contributed by atoms with Crippen molar-refractivity contribution in [3.05, 3.63) is 170 Å². The molecule has 0 N–H and O–H groups in total. The van der Waals surface area contributed by atoms with Gasteiger partial charge in [0.2, 0.25) is 0 Å². The summed E-state index contributed by atoms with van der Waals surface area (Å²) < 4.78 is 22.7. The zero-order valence-corrected chi connectivity index (χ0v) is 54.4. The minimum Gasteiger partial charge on any atom is -0.545 e. The molecule has 0 aromatic heterocycles. The molecule has 0 rings (SSSR count). The smallest absolute Gasteiger partial charge is 0.306 e. The Hall–Kier alpha value is -5.35. The summed E-state index contributed by atoms with van der Waals surface area (Å²) in [4.78, 5) is 37.4. The average molecular weight is 1180 g/mol. The van der Waals surface area contributed by atoms with Crippen molar-refractivity contribution in [2.24, 2.45) is 0 Å². The van der Waals surface area contributed by atoms with Crippen LogP contribution in [0.3, 0.4) is 0 Å². The van der Waals surface area contributed by atoms with Crippen LogP contribution in [-0.2, 0) is 33.3 Å². The summed E-state index contributed by atoms with van der Waals surface area (Å²) in [5.41, 5.74) is 0. The van der Waals surface area contributed by atoms with Crippen molar-refractivity contribution >= 4 is 17.9 Å². The quantitative estimate of drug-likeness (QED) is 0.0195. The van der Waals surface area contributed by atoms with Gasteiger partial charge in [-0.15, -0.1) is 0 Å². The van der Waals surface area contributed by atoms with Gasteiger partial charge in [-0.1, -0.05) is 255 Å². The van der Waals surface area contributed by atoms with Crippen LogP contribution in [0.4, 0.5) is 0 Å². The monoisotopic (exact) mass is 1180 g/mol. The first-order chi connectivity index (χ1) is 41.6. The topological polar surface area (TPSA) is 111 Å². The molecule has 9 nitrogen and oxygen atoms in total. The van der Waals surface area contributed by atoms with E-state index in [2.05, 4.69) is 184 Å². The van der Waals surface area contributed by atoms with E-state index in [9.17, 15) is 19.5 Å². The highest BCUT2D eigenvalue weighted by atomic mass is 16.7. The van der Waals surface area contributed by atoms with E-state index in [0.717, 1.165) is 154 Å². The number of carboxylic acids is 1. The number of esters is 2. The molecule has 2 unspecified atom stereocenters. The molecule has 0 spiro atoms. The molecule has 0 saturated heterocycles. The highest BCUT2D eigenvalue weighted by Gasteiger charge is 2.22. The van der Waals surface area contributed by atoms with E-state index in [1.165, 1.54) is 38.5 Å². The number of unbranched alkanes of at least 4 members (excludes halogenated alkanes) is 16. The van der Waals surface area contributed by atoms with Crippen molar-refractivity contribution in [2.75, 3.05) is 47.5 Å². The maximum atomic E-state index is 12.9. The lowest BCUT2D eigenvalue weighted by Crippen LogP contribution is -2.44. The molecule has 0 saturated carbocycles. The molecule has 478 valence electrons. The van der Waals surface area contributed by atoms with Gasteiger partial charge in [0, 0.05) is 12.8 Å². The Balaban J connectivity index is 4.22. The second kappa shape index (κ2) is 64.6. The average Bonchev–Trinajstić information content (AvgIpc) is 3.49. The van der Waals surface area contributed by atoms with Crippen LogP contribution in [0.1, 0.15) is 232 Å². The number of quaternary nitrogens is 1. The Labute approximate surface area is 520 Å². The van der Waals surface area contributed by atoms with Crippen molar-refractivity contribution in [2.45, 2.75) is 245 Å². The van der Waals surface area contributed by atoms with Crippen LogP contribution in [0, 0.1) is 0 Å². The van der Waals surface area contributed by atoms with Gasteiger partial charge in [-0.05, 0) is 135 Å². The number of carboxylic acid groups (broad SMARTS) is 1. The first-order valence-electron chi connectivity index (χ1n) is 33.3. The zero-order chi connectivity index (χ0) is 61.9. The lowest BCUT2D eigenvalue weighted by Gasteiger charge is -2.26. The van der Waals surface area contributed by atoms with Crippen LogP contribution in [0.25, 0.3) is 0 Å². The minimum atomic E-state index is -1.64. The highest BCUT2D eigenvalue weighted by molar-refractivity contribution is 5.70. The molecule has 2 atom stereocenters. The number of rotatable bonds is 59. The summed E-state index contributed by atoms with van der Waals surface area (Å²) in [5, 5.41) is 11.8. The number of hydrogen-bond donors (Lipinski definition) is 0. The van der Waals surface area contributed by atoms with Crippen LogP contribution in [-0.4, -0.2) is 82.3 Å². The van der Waals surface area contributed by atoms with Gasteiger partial charge < -0.3 is 33.3 Å². The van der Waals surface area contributed by atoms with Crippen molar-refractivity contribution in [3.63, 3.8) is 0 Å². The van der Waals surface area contributed by atoms with E-state index in [0.29, 0.717) is 23.9 Å². The summed E-state index contributed by atoms with van der Waals surface area (Å²) in [6.07, 6.45) is 94.2. The molecule has 0 aliphatic carbocycles. The molecule has 0 radical (unpaired) electrons. The van der Waals surface area contributed by atoms with Gasteiger partial charge in [0.15, 0.2) is 12.4 Å². The SMILES string of the molecule is CC/C=C\C/C=C\C/C=C\C/C=C\C/C=C\C/C=C\C/C=C\C/C=C\C/C=C\C/C=C\C/C=C\CCCCCCCCCC(=O)OC(COC(=O)CCCCCCCC/C=C\C/C=C\C/C=C\CCCCC)COC(OCC[N+](C)(C)C)C(=O)[O-]. The third-order valence-electron chi connectivity index (χ3n) is 13.4. The predicted octanol–water partition coefficient (Wildman–Crippen LogP) is 19.3. The summed E-state index contributed by atoms with van der Waals surface area (Å²) in [7, 11) is 5.90. The standard InChI is InChI=1S/C76H121NO8/c1-6-8-10-12-14-16-18-20-22-24-26-27-28-29-30-31-32-33-34-35-36-37-38-39-40-41-42-43-44-45-46-47-49-51-53-55-57-59-61-63-65-67-74(79)85-72(71-84-76(75(80)81)82-69-68-77(3,4)5)70-83-73(78)66-64-62-60-58-56-54-52-50-48-25-23-21-19-17-15-13-11-9-7-2/h8,10,14-17,20-23,26-27,29-30,32-33,35-36,38-39,41-42,44-45,47-50,72,76H,6-7,9,11-13,18-19,24-25,28,31,34,37,40,43,46,51-71H2,1-5H3/b10-8-,16-14-,17-15-,22-20-,23-21-,27-26-,30-29-,33-32-,36-35-,39-38-,42-41-,45-44-,49-47-,50-48-. The number of allylic oxidation sites excluding steroid dienone is 28. The maximum Gasteiger partial charge on any atom is 0.306 e. The maximum absolute atomic E-state index is 12.9. The number of carbonyl (C=O) groups is 3. The fourth-order valence-electron chi connectivity index (χ4n) is 8.37. The lowest BCUT2D eigenvalue weighted by atomic mass is 10.1. The highest BCUT2D eigenvalue weighted by Crippen LogP contribution is 2.14. The molecule has 0 aliphatic rings. The molecular formula is C76H121NO8. The molecule has 0 aromatic rings. The third-order valence-corrected chi connectivity index (χ3v) is 13.4. The Morgan fingerprint density at radius 3 is 1.00 bits per heavy atom. The first-order valence-corrected chi connectivity index (χ1v) is 33.3. The molecule has 0 bridgehead atoms. The number of aliphatic carboxylic acids is 1. The van der Waals surface area contributed by atoms with Crippen molar-refractivity contribution in [1.29, 1.82) is 0 Å². The van der Waals surface area contributed by atoms with Crippen LogP contribution >= 0.6 is 0 Å². The second-order valence-corrected chi connectivity index (χ2v) is 22.7. The summed E-state index contributed by atoms with van der Waals surface area (Å²) in [6.45, 7) is 4.55. The van der Waals surface area contributed by atoms with Crippen LogP contribution in [0.5, 0.6) is 0 Å². The Kier molecular flexibility index (Phi) is 60.6. The molecule has 0 heterocycles. The van der Waals surface area contributed by atoms with E-state index >= 15 is 0 Å². The van der Waals surface area contributed by atoms with Gasteiger partial charge in [0.05, 0.1) is 40.3 Å². The summed E-state index contributed by atoms with van der Waals surface area (Å²) in [5.74, 6) is -2.33. The van der Waals surface area contributed by atoms with Gasteiger partial charge in [0.25, 0.3) is 0 Å². The molecule has 9 heteroatoms. The van der Waals surface area contributed by atoms with Crippen LogP contribution in [0.15, 0.2) is 170 Å². The number of ether oxygens (including phenoxy) is 4. The molecule has 0 aromatic carbocycles. The van der Waals surface area contributed by atoms with Crippen LogP contribution < -0.4 is 5.11 Å². The number of carbonyl (C=O) groups excluding carboxylic acids is 3. The largest absolute Gasteiger partial charge is 0.545 e. The molecule has 0 fully saturated rings. The number of hydrogen-bond acceptors (Lipinski definition) is 8. The molecular weight excluding hydrogens is 1050 g/mol. The molecule has 85 heavy (non-hydrogen) atoms. The van der Waals surface area contributed by atoms with E-state index in [-0.39, 0.29) is 38.6 Å². The number of nitrogens with zero attached hydrogens (tertiary/aromatic N) is 1. The van der Waals surface area contributed by atoms with E-state index in [1.54, 1.807) is 0 Å². The zero-order valence-electron chi connectivity index (χ0n) is 54.4. The van der Waals surface area contributed by atoms with Gasteiger partial charge in [-0.3, -0.25) is 9.59 Å². The molecule has 0 amide bonds.